The van der Waals surface area contributed by atoms with Crippen molar-refractivity contribution in [1.29, 1.82) is 0 Å². The summed E-state index contributed by atoms with van der Waals surface area (Å²) in [7, 11) is 0. The average molecular weight is 601 g/mol. The van der Waals surface area contributed by atoms with Crippen LogP contribution in [0.4, 0.5) is 5.95 Å². The number of nitrogen functional groups attached to an aromatic ring is 1. The predicted molar refractivity (Wildman–Crippen MR) is 172 cm³/mol. The monoisotopic (exact) mass is 600 g/mol. The maximum atomic E-state index is 12.5. The molecule has 0 aliphatic heterocycles. The van der Waals surface area contributed by atoms with Gasteiger partial charge in [-0.1, -0.05) is 84.3 Å². The first-order valence-corrected chi connectivity index (χ1v) is 16.5. The van der Waals surface area contributed by atoms with Crippen LogP contribution in [-0.2, 0) is 25.6 Å². The summed E-state index contributed by atoms with van der Waals surface area (Å²) in [6.45, 7) is 6.86. The summed E-state index contributed by atoms with van der Waals surface area (Å²) in [4.78, 5) is 37.3. The fourth-order valence-corrected chi connectivity index (χ4v) is 4.83. The van der Waals surface area contributed by atoms with E-state index in [4.69, 9.17) is 20.9 Å². The quantitative estimate of drug-likeness (QED) is 0.0780. The molecule has 43 heavy (non-hydrogen) atoms. The minimum Gasteiger partial charge on any atom is -0.465 e. The molecule has 0 aromatic carbocycles. The molecule has 2 aromatic heterocycles. The van der Waals surface area contributed by atoms with Crippen molar-refractivity contribution in [2.24, 2.45) is 17.6 Å². The summed E-state index contributed by atoms with van der Waals surface area (Å²) in [6, 6.07) is -0.668. The molecular formula is C33H56N6O4. The lowest BCUT2D eigenvalue weighted by Gasteiger charge is -2.19. The Bertz CT molecular complexity index is 1090. The summed E-state index contributed by atoms with van der Waals surface area (Å²) in [5.74, 6) is -0.621. The van der Waals surface area contributed by atoms with Crippen molar-refractivity contribution in [3.05, 3.63) is 24.7 Å². The second-order valence-electron chi connectivity index (χ2n) is 11.9. The number of imidazole rings is 1. The van der Waals surface area contributed by atoms with E-state index in [2.05, 4.69) is 34.0 Å². The molecule has 2 rings (SSSR count). The number of carbonyl (C=O) groups excluding carboxylic acids is 2. The van der Waals surface area contributed by atoms with Gasteiger partial charge < -0.3 is 25.5 Å². The van der Waals surface area contributed by atoms with Gasteiger partial charge in [0, 0.05) is 18.9 Å². The molecule has 0 aliphatic carbocycles. The SMILES string of the molecule is CCCCCCCCCCCC=CCCCCC(=O)OC[C@H](CCOC(=O)[C@@H](N)C(C)C)Cn1cnc2cnc(N)nc21. The van der Waals surface area contributed by atoms with Crippen molar-refractivity contribution in [2.45, 2.75) is 130 Å². The highest BCUT2D eigenvalue weighted by Gasteiger charge is 2.21. The number of unbranched alkanes of at least 4 members (excludes halogenated alkanes) is 11. The molecule has 0 bridgehead atoms. The Morgan fingerprint density at radius 1 is 0.930 bits per heavy atom. The molecule has 0 saturated heterocycles. The fraction of sp³-hybridized carbons (Fsp3) is 0.727. The first-order valence-electron chi connectivity index (χ1n) is 16.5. The van der Waals surface area contributed by atoms with Gasteiger partial charge in [0.05, 0.1) is 25.7 Å². The molecule has 2 heterocycles. The lowest BCUT2D eigenvalue weighted by molar-refractivity contribution is -0.149. The van der Waals surface area contributed by atoms with Crippen molar-refractivity contribution in [3.63, 3.8) is 0 Å². The van der Waals surface area contributed by atoms with E-state index in [1.54, 1.807) is 12.5 Å². The second-order valence-corrected chi connectivity index (χ2v) is 11.9. The molecular weight excluding hydrogens is 544 g/mol. The van der Waals surface area contributed by atoms with Gasteiger partial charge >= 0.3 is 11.9 Å². The Morgan fingerprint density at radius 3 is 2.26 bits per heavy atom. The Morgan fingerprint density at radius 2 is 1.58 bits per heavy atom. The highest BCUT2D eigenvalue weighted by molar-refractivity contribution is 5.75. The number of esters is 2. The third-order valence-corrected chi connectivity index (χ3v) is 7.72. The Kier molecular flexibility index (Phi) is 18.2. The molecule has 0 aliphatic rings. The normalized spacial score (nSPS) is 13.1. The number of hydrogen-bond donors (Lipinski definition) is 2. The second kappa shape index (κ2) is 21.6. The zero-order valence-electron chi connectivity index (χ0n) is 26.8. The number of nitrogens with zero attached hydrogens (tertiary/aromatic N) is 4. The Labute approximate surface area is 258 Å². The summed E-state index contributed by atoms with van der Waals surface area (Å²) in [6.07, 6.45) is 24.7. The molecule has 0 unspecified atom stereocenters. The Hall–Kier alpha value is -3.01. The van der Waals surface area contributed by atoms with Crippen LogP contribution in [0.1, 0.15) is 117 Å². The first kappa shape index (κ1) is 36.2. The smallest absolute Gasteiger partial charge is 0.323 e. The molecule has 4 N–H and O–H groups in total. The number of ether oxygens (including phenoxy) is 2. The third-order valence-electron chi connectivity index (χ3n) is 7.72. The number of hydrogen-bond acceptors (Lipinski definition) is 9. The highest BCUT2D eigenvalue weighted by Crippen LogP contribution is 2.16. The van der Waals surface area contributed by atoms with E-state index in [-0.39, 0.29) is 37.0 Å². The highest BCUT2D eigenvalue weighted by atomic mass is 16.5. The Balaban J connectivity index is 1.68. The van der Waals surface area contributed by atoms with E-state index in [9.17, 15) is 9.59 Å². The number of fused-ring (bicyclic) bond motifs is 1. The number of aromatic nitrogens is 4. The molecule has 10 heteroatoms. The van der Waals surface area contributed by atoms with Gasteiger partial charge in [0.2, 0.25) is 5.95 Å². The number of allylic oxidation sites excluding steroid dienone is 2. The van der Waals surface area contributed by atoms with Gasteiger partial charge in [-0.15, -0.1) is 0 Å². The van der Waals surface area contributed by atoms with Gasteiger partial charge in [0.25, 0.3) is 0 Å². The fourth-order valence-electron chi connectivity index (χ4n) is 4.83. The minimum atomic E-state index is -0.668. The van der Waals surface area contributed by atoms with Gasteiger partial charge in [0.1, 0.15) is 11.6 Å². The van der Waals surface area contributed by atoms with Crippen LogP contribution in [0.3, 0.4) is 0 Å². The minimum absolute atomic E-state index is 0.0121. The van der Waals surface area contributed by atoms with Crippen molar-refractivity contribution >= 4 is 29.1 Å². The molecule has 2 aromatic rings. The van der Waals surface area contributed by atoms with Crippen LogP contribution in [0.2, 0.25) is 0 Å². The van der Waals surface area contributed by atoms with Crippen LogP contribution in [0.5, 0.6) is 0 Å². The molecule has 0 amide bonds. The largest absolute Gasteiger partial charge is 0.465 e. The van der Waals surface area contributed by atoms with Gasteiger partial charge in [-0.2, -0.15) is 4.98 Å². The van der Waals surface area contributed by atoms with Crippen molar-refractivity contribution < 1.29 is 19.1 Å². The maximum absolute atomic E-state index is 12.5. The summed E-state index contributed by atoms with van der Waals surface area (Å²) in [5.41, 5.74) is 12.9. The standard InChI is InChI=1S/C33H56N6O4/c1-4-5-6-7-8-9-10-11-12-13-14-15-16-17-18-19-29(40)43-24-27(20-21-42-32(41)30(34)26(2)3)23-39-25-37-28-22-36-33(35)38-31(28)39/h14-15,22,25-27,30H,4-13,16-21,23-24,34H2,1-3H3,(H2,35,36,38)/t27-,30+/m1/s1. The van der Waals surface area contributed by atoms with E-state index in [0.29, 0.717) is 30.6 Å². The van der Waals surface area contributed by atoms with Crippen molar-refractivity contribution in [1.82, 2.24) is 19.5 Å². The molecule has 242 valence electrons. The van der Waals surface area contributed by atoms with Crippen LogP contribution >= 0.6 is 0 Å². The lowest BCUT2D eigenvalue weighted by atomic mass is 10.1. The molecule has 10 nitrogen and oxygen atoms in total. The summed E-state index contributed by atoms with van der Waals surface area (Å²) in [5, 5.41) is 0. The number of carbonyl (C=O) groups is 2. The topological polar surface area (TPSA) is 148 Å². The van der Waals surface area contributed by atoms with Crippen LogP contribution in [0, 0.1) is 11.8 Å². The third kappa shape index (κ3) is 15.3. The van der Waals surface area contributed by atoms with Crippen LogP contribution in [-0.4, -0.2) is 50.7 Å². The lowest BCUT2D eigenvalue weighted by Crippen LogP contribution is -2.37. The molecule has 2 atom stereocenters. The first-order chi connectivity index (χ1) is 20.8. The molecule has 0 fully saturated rings. The van der Waals surface area contributed by atoms with Crippen LogP contribution < -0.4 is 11.5 Å². The average Bonchev–Trinajstić information content (AvgIpc) is 3.38. The van der Waals surface area contributed by atoms with E-state index >= 15 is 0 Å². The van der Waals surface area contributed by atoms with E-state index < -0.39 is 12.0 Å². The molecule has 0 radical (unpaired) electrons. The van der Waals surface area contributed by atoms with E-state index in [1.165, 1.54) is 57.8 Å². The van der Waals surface area contributed by atoms with E-state index in [0.717, 1.165) is 25.7 Å². The summed E-state index contributed by atoms with van der Waals surface area (Å²) < 4.78 is 12.9. The van der Waals surface area contributed by atoms with Crippen molar-refractivity contribution in [2.75, 3.05) is 18.9 Å². The van der Waals surface area contributed by atoms with Gasteiger partial charge in [-0.05, 0) is 44.4 Å². The van der Waals surface area contributed by atoms with Gasteiger partial charge in [-0.3, -0.25) is 9.59 Å². The maximum Gasteiger partial charge on any atom is 0.323 e. The summed E-state index contributed by atoms with van der Waals surface area (Å²) >= 11 is 0. The van der Waals surface area contributed by atoms with Gasteiger partial charge in [0.15, 0.2) is 5.65 Å². The van der Waals surface area contributed by atoms with Crippen molar-refractivity contribution in [3.8, 4) is 0 Å². The molecule has 0 spiro atoms. The zero-order chi connectivity index (χ0) is 31.3. The number of rotatable bonds is 24. The number of nitrogens with two attached hydrogens (primary N) is 2. The predicted octanol–water partition coefficient (Wildman–Crippen LogP) is 6.52. The van der Waals surface area contributed by atoms with Gasteiger partial charge in [-0.25, -0.2) is 9.97 Å². The zero-order valence-corrected chi connectivity index (χ0v) is 26.8. The van der Waals surface area contributed by atoms with Crippen LogP contribution in [0.25, 0.3) is 11.2 Å². The molecule has 0 saturated carbocycles. The number of anilines is 1. The van der Waals surface area contributed by atoms with Crippen LogP contribution in [0.15, 0.2) is 24.7 Å². The van der Waals surface area contributed by atoms with E-state index in [1.807, 2.05) is 18.4 Å².